The minimum atomic E-state index is 0.108. The Morgan fingerprint density at radius 1 is 1.21 bits per heavy atom. The SMILES string of the molecule is COC[C@H](C)n1cc(/C=N\O)c2nc(-c3ccc(C(C)C)nc3OC)c(C)cc21. The summed E-state index contributed by atoms with van der Waals surface area (Å²) < 4.78 is 13.0. The molecule has 0 aliphatic rings. The van der Waals surface area contributed by atoms with Crippen molar-refractivity contribution in [3.05, 3.63) is 41.2 Å². The molecule has 0 aromatic carbocycles. The van der Waals surface area contributed by atoms with Crippen LogP contribution in [0.2, 0.25) is 0 Å². The third-order valence-corrected chi connectivity index (χ3v) is 5.02. The molecule has 0 amide bonds. The average Bonchev–Trinajstić information content (AvgIpc) is 3.04. The Labute approximate surface area is 171 Å². The predicted molar refractivity (Wildman–Crippen MR) is 114 cm³/mol. The van der Waals surface area contributed by atoms with E-state index in [0.717, 1.165) is 39.1 Å². The number of rotatable bonds is 7. The van der Waals surface area contributed by atoms with Crippen LogP contribution in [0.25, 0.3) is 22.3 Å². The monoisotopic (exact) mass is 396 g/mol. The van der Waals surface area contributed by atoms with E-state index in [1.807, 2.05) is 25.3 Å². The van der Waals surface area contributed by atoms with Crippen molar-refractivity contribution in [2.45, 2.75) is 39.7 Å². The lowest BCUT2D eigenvalue weighted by Gasteiger charge is -2.16. The van der Waals surface area contributed by atoms with Gasteiger partial charge < -0.3 is 19.2 Å². The molecule has 0 aliphatic carbocycles. The maximum Gasteiger partial charge on any atom is 0.222 e. The largest absolute Gasteiger partial charge is 0.480 e. The minimum absolute atomic E-state index is 0.108. The van der Waals surface area contributed by atoms with E-state index < -0.39 is 0 Å². The lowest BCUT2D eigenvalue weighted by molar-refractivity contribution is 0.164. The highest BCUT2D eigenvalue weighted by Gasteiger charge is 2.19. The predicted octanol–water partition coefficient (Wildman–Crippen LogP) is 4.55. The van der Waals surface area contributed by atoms with Crippen molar-refractivity contribution in [1.82, 2.24) is 14.5 Å². The standard InChI is InChI=1S/C22H28N4O3/c1-13(2)18-8-7-17(22(24-18)29-6)20-14(3)9-19-21(25-20)16(10-23-27)11-26(19)15(4)12-28-5/h7-11,13,15,27H,12H2,1-6H3/b23-10-/t15-/m0/s1. The van der Waals surface area contributed by atoms with Crippen LogP contribution in [0, 0.1) is 6.92 Å². The van der Waals surface area contributed by atoms with Gasteiger partial charge >= 0.3 is 0 Å². The van der Waals surface area contributed by atoms with Crippen molar-refractivity contribution in [2.75, 3.05) is 20.8 Å². The summed E-state index contributed by atoms with van der Waals surface area (Å²) >= 11 is 0. The van der Waals surface area contributed by atoms with Crippen LogP contribution in [0.4, 0.5) is 0 Å². The van der Waals surface area contributed by atoms with Gasteiger partial charge in [0.2, 0.25) is 5.88 Å². The molecule has 7 heteroatoms. The van der Waals surface area contributed by atoms with Gasteiger partial charge in [0, 0.05) is 24.6 Å². The van der Waals surface area contributed by atoms with Gasteiger partial charge in [-0.2, -0.15) is 0 Å². The van der Waals surface area contributed by atoms with Crippen LogP contribution in [0.5, 0.6) is 5.88 Å². The van der Waals surface area contributed by atoms with Gasteiger partial charge in [0.05, 0.1) is 48.3 Å². The molecule has 3 rings (SSSR count). The molecule has 0 unspecified atom stereocenters. The first-order chi connectivity index (χ1) is 13.9. The van der Waals surface area contributed by atoms with Crippen LogP contribution in [-0.4, -0.2) is 46.8 Å². The molecule has 0 radical (unpaired) electrons. The zero-order chi connectivity index (χ0) is 21.1. The first-order valence-corrected chi connectivity index (χ1v) is 9.65. The van der Waals surface area contributed by atoms with Crippen molar-refractivity contribution in [2.24, 2.45) is 5.16 Å². The van der Waals surface area contributed by atoms with E-state index in [-0.39, 0.29) is 6.04 Å². The summed E-state index contributed by atoms with van der Waals surface area (Å²) in [5.41, 5.74) is 6.04. The van der Waals surface area contributed by atoms with Gasteiger partial charge in [-0.25, -0.2) is 9.97 Å². The molecular formula is C22H28N4O3. The summed E-state index contributed by atoms with van der Waals surface area (Å²) in [6, 6.07) is 6.22. The van der Waals surface area contributed by atoms with Crippen molar-refractivity contribution >= 4 is 17.2 Å². The molecule has 0 bridgehead atoms. The molecule has 154 valence electrons. The number of fused-ring (bicyclic) bond motifs is 1. The Bertz CT molecular complexity index is 1040. The zero-order valence-corrected chi connectivity index (χ0v) is 17.8. The fourth-order valence-electron chi connectivity index (χ4n) is 3.52. The number of aryl methyl sites for hydroxylation is 1. The van der Waals surface area contributed by atoms with Crippen LogP contribution in [0.3, 0.4) is 0 Å². The minimum Gasteiger partial charge on any atom is -0.480 e. The lowest BCUT2D eigenvalue weighted by atomic mass is 10.0. The van der Waals surface area contributed by atoms with Crippen molar-refractivity contribution in [3.63, 3.8) is 0 Å². The Morgan fingerprint density at radius 3 is 2.59 bits per heavy atom. The molecule has 0 fully saturated rings. The molecule has 0 saturated heterocycles. The number of oxime groups is 1. The first-order valence-electron chi connectivity index (χ1n) is 9.65. The second-order valence-electron chi connectivity index (χ2n) is 7.51. The molecule has 3 heterocycles. The molecule has 1 N–H and O–H groups in total. The molecule has 0 saturated carbocycles. The Balaban J connectivity index is 2.23. The Hall–Kier alpha value is -2.93. The lowest BCUT2D eigenvalue weighted by Crippen LogP contribution is -2.10. The maximum atomic E-state index is 9.11. The van der Waals surface area contributed by atoms with Crippen molar-refractivity contribution in [1.29, 1.82) is 0 Å². The third-order valence-electron chi connectivity index (χ3n) is 5.02. The summed E-state index contributed by atoms with van der Waals surface area (Å²) in [6.45, 7) is 8.86. The maximum absolute atomic E-state index is 9.11. The molecule has 3 aromatic rings. The zero-order valence-electron chi connectivity index (χ0n) is 17.8. The van der Waals surface area contributed by atoms with E-state index >= 15 is 0 Å². The van der Waals surface area contributed by atoms with Crippen molar-refractivity contribution in [3.8, 4) is 17.1 Å². The number of pyridine rings is 2. The van der Waals surface area contributed by atoms with E-state index in [1.165, 1.54) is 6.21 Å². The van der Waals surface area contributed by atoms with Crippen molar-refractivity contribution < 1.29 is 14.7 Å². The van der Waals surface area contributed by atoms with Crippen LogP contribution < -0.4 is 4.74 Å². The second kappa shape index (κ2) is 8.61. The van der Waals surface area contributed by atoms with Gasteiger partial charge in [-0.15, -0.1) is 0 Å². The highest BCUT2D eigenvalue weighted by Crippen LogP contribution is 2.34. The molecule has 1 atom stereocenters. The number of nitrogens with zero attached hydrogens (tertiary/aromatic N) is 4. The number of aromatic nitrogens is 3. The van der Waals surface area contributed by atoms with E-state index in [2.05, 4.69) is 41.5 Å². The highest BCUT2D eigenvalue weighted by atomic mass is 16.5. The Morgan fingerprint density at radius 2 is 1.97 bits per heavy atom. The average molecular weight is 396 g/mol. The normalized spacial score (nSPS) is 12.9. The van der Waals surface area contributed by atoms with E-state index in [1.54, 1.807) is 14.2 Å². The van der Waals surface area contributed by atoms with E-state index in [4.69, 9.17) is 19.7 Å². The molecule has 7 nitrogen and oxygen atoms in total. The first kappa shape index (κ1) is 20.8. The molecular weight excluding hydrogens is 368 g/mol. The second-order valence-corrected chi connectivity index (χ2v) is 7.51. The summed E-state index contributed by atoms with van der Waals surface area (Å²) in [4.78, 5) is 9.58. The smallest absolute Gasteiger partial charge is 0.222 e. The van der Waals surface area contributed by atoms with Crippen LogP contribution in [0.15, 0.2) is 29.6 Å². The molecule has 29 heavy (non-hydrogen) atoms. The van der Waals surface area contributed by atoms with Gasteiger partial charge in [0.15, 0.2) is 0 Å². The third kappa shape index (κ3) is 3.96. The van der Waals surface area contributed by atoms with Crippen LogP contribution >= 0.6 is 0 Å². The van der Waals surface area contributed by atoms with Crippen LogP contribution in [0.1, 0.15) is 49.6 Å². The number of hydrogen-bond donors (Lipinski definition) is 1. The molecule has 0 spiro atoms. The van der Waals surface area contributed by atoms with E-state index in [9.17, 15) is 0 Å². The summed E-state index contributed by atoms with van der Waals surface area (Å²) in [7, 11) is 3.30. The number of ether oxygens (including phenoxy) is 2. The highest BCUT2D eigenvalue weighted by molar-refractivity contribution is 5.98. The Kier molecular flexibility index (Phi) is 6.17. The fourth-order valence-corrected chi connectivity index (χ4v) is 3.52. The summed E-state index contributed by atoms with van der Waals surface area (Å²) in [6.07, 6.45) is 3.34. The fraction of sp³-hybridized carbons (Fsp3) is 0.409. The van der Waals surface area contributed by atoms with Gasteiger partial charge in [0.25, 0.3) is 0 Å². The summed E-state index contributed by atoms with van der Waals surface area (Å²) in [5, 5.41) is 12.3. The molecule has 0 aliphatic heterocycles. The van der Waals surface area contributed by atoms with Gasteiger partial charge in [-0.3, -0.25) is 0 Å². The van der Waals surface area contributed by atoms with Gasteiger partial charge in [-0.05, 0) is 43.5 Å². The quantitative estimate of drug-likeness (QED) is 0.360. The molecule has 3 aromatic heterocycles. The van der Waals surface area contributed by atoms with Gasteiger partial charge in [0.1, 0.15) is 0 Å². The van der Waals surface area contributed by atoms with Gasteiger partial charge in [-0.1, -0.05) is 19.0 Å². The van der Waals surface area contributed by atoms with Crippen LogP contribution in [-0.2, 0) is 4.74 Å². The number of methoxy groups -OCH3 is 2. The van der Waals surface area contributed by atoms with E-state index in [0.29, 0.717) is 18.4 Å². The topological polar surface area (TPSA) is 81.8 Å². The number of hydrogen-bond acceptors (Lipinski definition) is 6. The summed E-state index contributed by atoms with van der Waals surface area (Å²) in [5.74, 6) is 0.855.